The maximum atomic E-state index is 14.2. The lowest BCUT2D eigenvalue weighted by Crippen LogP contribution is -1.89. The van der Waals surface area contributed by atoms with Crippen molar-refractivity contribution in [3.05, 3.63) is 66.0 Å². The van der Waals surface area contributed by atoms with Gasteiger partial charge in [-0.25, -0.2) is 4.39 Å². The summed E-state index contributed by atoms with van der Waals surface area (Å²) in [5.74, 6) is -0.162. The molecule has 0 aromatic heterocycles. The molecule has 0 aliphatic heterocycles. The summed E-state index contributed by atoms with van der Waals surface area (Å²) < 4.78 is 14.2. The molecule has 0 saturated carbocycles. The van der Waals surface area contributed by atoms with Crippen molar-refractivity contribution in [2.45, 2.75) is 11.8 Å². The van der Waals surface area contributed by atoms with Gasteiger partial charge in [0.05, 0.1) is 0 Å². The Morgan fingerprint density at radius 2 is 1.74 bits per heavy atom. The van der Waals surface area contributed by atoms with Gasteiger partial charge in [-0.05, 0) is 41.0 Å². The van der Waals surface area contributed by atoms with Crippen LogP contribution in [0, 0.1) is 12.7 Å². The van der Waals surface area contributed by atoms with Crippen molar-refractivity contribution in [3.8, 4) is 11.1 Å². The monoisotopic (exact) mass is 268 g/mol. The minimum atomic E-state index is -0.162. The predicted molar refractivity (Wildman–Crippen MR) is 81.3 cm³/mol. The van der Waals surface area contributed by atoms with Gasteiger partial charge in [-0.15, -0.1) is 12.6 Å². The van der Waals surface area contributed by atoms with Crippen LogP contribution in [0.25, 0.3) is 21.9 Å². The topological polar surface area (TPSA) is 0 Å². The minimum Gasteiger partial charge on any atom is -0.206 e. The first-order valence-corrected chi connectivity index (χ1v) is 6.59. The fourth-order valence-corrected chi connectivity index (χ4v) is 2.66. The SMILES string of the molecule is Cc1cccc(-c2cc(S)c3ccccc3c2)c1F. The van der Waals surface area contributed by atoms with Crippen LogP contribution in [0.1, 0.15) is 5.56 Å². The highest BCUT2D eigenvalue weighted by Gasteiger charge is 2.09. The number of hydrogen-bond donors (Lipinski definition) is 1. The second kappa shape index (κ2) is 4.71. The molecule has 0 unspecified atom stereocenters. The molecule has 3 rings (SSSR count). The van der Waals surface area contributed by atoms with Crippen molar-refractivity contribution < 1.29 is 4.39 Å². The molecule has 0 fully saturated rings. The van der Waals surface area contributed by atoms with Crippen molar-refractivity contribution in [1.82, 2.24) is 0 Å². The quantitative estimate of drug-likeness (QED) is 0.573. The molecule has 0 nitrogen and oxygen atoms in total. The van der Waals surface area contributed by atoms with Gasteiger partial charge in [0.1, 0.15) is 5.82 Å². The van der Waals surface area contributed by atoms with Crippen LogP contribution in [0.15, 0.2) is 59.5 Å². The third-order valence-electron chi connectivity index (χ3n) is 3.34. The van der Waals surface area contributed by atoms with E-state index in [9.17, 15) is 4.39 Å². The largest absolute Gasteiger partial charge is 0.206 e. The summed E-state index contributed by atoms with van der Waals surface area (Å²) >= 11 is 4.51. The van der Waals surface area contributed by atoms with Crippen LogP contribution in [0.2, 0.25) is 0 Å². The fourth-order valence-electron chi connectivity index (χ4n) is 2.32. The molecule has 0 radical (unpaired) electrons. The van der Waals surface area contributed by atoms with Gasteiger partial charge in [0, 0.05) is 10.5 Å². The molecule has 0 spiro atoms. The Balaban J connectivity index is 2.29. The van der Waals surface area contributed by atoms with Crippen LogP contribution in [-0.2, 0) is 0 Å². The van der Waals surface area contributed by atoms with Crippen LogP contribution in [-0.4, -0.2) is 0 Å². The number of thiol groups is 1. The van der Waals surface area contributed by atoms with Gasteiger partial charge in [-0.2, -0.15) is 0 Å². The zero-order chi connectivity index (χ0) is 13.4. The summed E-state index contributed by atoms with van der Waals surface area (Å²) in [4.78, 5) is 0.869. The Kier molecular flexibility index (Phi) is 3.03. The van der Waals surface area contributed by atoms with Gasteiger partial charge in [0.2, 0.25) is 0 Å². The normalized spacial score (nSPS) is 10.9. The van der Waals surface area contributed by atoms with E-state index in [-0.39, 0.29) is 5.82 Å². The zero-order valence-electron chi connectivity index (χ0n) is 10.5. The second-order valence-corrected chi connectivity index (χ2v) is 5.13. The summed E-state index contributed by atoms with van der Waals surface area (Å²) in [6.45, 7) is 1.78. The molecule has 0 bridgehead atoms. The summed E-state index contributed by atoms with van der Waals surface area (Å²) in [6, 6.07) is 17.4. The van der Waals surface area contributed by atoms with E-state index in [4.69, 9.17) is 0 Å². The molecule has 0 aliphatic rings. The number of benzene rings is 3. The van der Waals surface area contributed by atoms with Crippen LogP contribution < -0.4 is 0 Å². The summed E-state index contributed by atoms with van der Waals surface area (Å²) in [6.07, 6.45) is 0. The van der Waals surface area contributed by atoms with E-state index < -0.39 is 0 Å². The van der Waals surface area contributed by atoms with Crippen molar-refractivity contribution in [2.75, 3.05) is 0 Å². The Morgan fingerprint density at radius 3 is 2.58 bits per heavy atom. The van der Waals surface area contributed by atoms with Gasteiger partial charge in [-0.1, -0.05) is 42.5 Å². The highest BCUT2D eigenvalue weighted by atomic mass is 32.1. The molecule has 0 saturated heterocycles. The molecule has 19 heavy (non-hydrogen) atoms. The van der Waals surface area contributed by atoms with Crippen LogP contribution in [0.3, 0.4) is 0 Å². The smallest absolute Gasteiger partial charge is 0.133 e. The molecule has 0 atom stereocenters. The predicted octanol–water partition coefficient (Wildman–Crippen LogP) is 5.24. The van der Waals surface area contributed by atoms with Crippen molar-refractivity contribution in [1.29, 1.82) is 0 Å². The summed E-state index contributed by atoms with van der Waals surface area (Å²) in [5, 5.41) is 2.16. The van der Waals surface area contributed by atoms with Crippen molar-refractivity contribution >= 4 is 23.4 Å². The molecule has 3 aromatic rings. The van der Waals surface area contributed by atoms with E-state index in [2.05, 4.69) is 12.6 Å². The van der Waals surface area contributed by atoms with Gasteiger partial charge in [-0.3, -0.25) is 0 Å². The van der Waals surface area contributed by atoms with Gasteiger partial charge in [0.15, 0.2) is 0 Å². The molecule has 0 aliphatic carbocycles. The first kappa shape index (κ1) is 12.2. The van der Waals surface area contributed by atoms with E-state index >= 15 is 0 Å². The maximum absolute atomic E-state index is 14.2. The molecule has 0 N–H and O–H groups in total. The summed E-state index contributed by atoms with van der Waals surface area (Å²) in [5.41, 5.74) is 2.15. The fraction of sp³-hybridized carbons (Fsp3) is 0.0588. The first-order valence-electron chi connectivity index (χ1n) is 6.14. The van der Waals surface area contributed by atoms with E-state index in [0.29, 0.717) is 11.1 Å². The number of fused-ring (bicyclic) bond motifs is 1. The third kappa shape index (κ3) is 2.13. The number of aryl methyl sites for hydroxylation is 1. The molecule has 94 valence electrons. The number of rotatable bonds is 1. The van der Waals surface area contributed by atoms with Gasteiger partial charge in [0.25, 0.3) is 0 Å². The maximum Gasteiger partial charge on any atom is 0.133 e. The zero-order valence-corrected chi connectivity index (χ0v) is 11.4. The molecular formula is C17H13FS. The molecule has 0 amide bonds. The Morgan fingerprint density at radius 1 is 0.947 bits per heavy atom. The van der Waals surface area contributed by atoms with Gasteiger partial charge < -0.3 is 0 Å². The average Bonchev–Trinajstić information content (AvgIpc) is 2.42. The van der Waals surface area contributed by atoms with Crippen LogP contribution in [0.4, 0.5) is 4.39 Å². The standard InChI is InChI=1S/C17H13FS/c1-11-5-4-8-15(17(11)18)13-9-12-6-2-3-7-14(12)16(19)10-13/h2-10,19H,1H3. The molecule has 3 aromatic carbocycles. The highest BCUT2D eigenvalue weighted by molar-refractivity contribution is 7.80. The van der Waals surface area contributed by atoms with Crippen molar-refractivity contribution in [2.24, 2.45) is 0 Å². The Bertz CT molecular complexity index is 762. The first-order chi connectivity index (χ1) is 9.16. The highest BCUT2D eigenvalue weighted by Crippen LogP contribution is 2.31. The lowest BCUT2D eigenvalue weighted by atomic mass is 9.99. The lowest BCUT2D eigenvalue weighted by molar-refractivity contribution is 0.622. The molecule has 0 heterocycles. The van der Waals surface area contributed by atoms with E-state index in [1.807, 2.05) is 42.5 Å². The molecular weight excluding hydrogens is 255 g/mol. The Hall–Kier alpha value is -1.80. The minimum absolute atomic E-state index is 0.162. The number of halogens is 1. The number of hydrogen-bond acceptors (Lipinski definition) is 1. The van der Waals surface area contributed by atoms with E-state index in [0.717, 1.165) is 21.2 Å². The van der Waals surface area contributed by atoms with E-state index in [1.165, 1.54) is 0 Å². The second-order valence-electron chi connectivity index (χ2n) is 4.65. The van der Waals surface area contributed by atoms with Gasteiger partial charge >= 0.3 is 0 Å². The van der Waals surface area contributed by atoms with E-state index in [1.54, 1.807) is 19.1 Å². The third-order valence-corrected chi connectivity index (χ3v) is 3.71. The summed E-state index contributed by atoms with van der Waals surface area (Å²) in [7, 11) is 0. The molecule has 2 heteroatoms. The average molecular weight is 268 g/mol. The van der Waals surface area contributed by atoms with Crippen molar-refractivity contribution in [3.63, 3.8) is 0 Å². The van der Waals surface area contributed by atoms with Crippen LogP contribution in [0.5, 0.6) is 0 Å². The van der Waals surface area contributed by atoms with Crippen LogP contribution >= 0.6 is 12.6 Å². The lowest BCUT2D eigenvalue weighted by Gasteiger charge is -2.09. The Labute approximate surface area is 117 Å².